The van der Waals surface area contributed by atoms with E-state index in [9.17, 15) is 9.90 Å². The van der Waals surface area contributed by atoms with E-state index in [1.54, 1.807) is 0 Å². The number of benzene rings is 3. The van der Waals surface area contributed by atoms with Crippen LogP contribution in [0.4, 0.5) is 0 Å². The molecule has 0 aliphatic heterocycles. The van der Waals surface area contributed by atoms with Crippen molar-refractivity contribution in [1.29, 1.82) is 0 Å². The Kier molecular flexibility index (Phi) is 7.20. The van der Waals surface area contributed by atoms with Gasteiger partial charge in [0.05, 0.1) is 0 Å². The average Bonchev–Trinajstić information content (AvgIpc) is 2.78. The summed E-state index contributed by atoms with van der Waals surface area (Å²) < 4.78 is 6.38. The van der Waals surface area contributed by atoms with Gasteiger partial charge in [-0.1, -0.05) is 111 Å². The molecule has 0 amide bonds. The van der Waals surface area contributed by atoms with Gasteiger partial charge in [0.1, 0.15) is 12.2 Å². The molecule has 0 aliphatic rings. The highest BCUT2D eigenvalue weighted by Gasteiger charge is 2.44. The minimum absolute atomic E-state index is 0.0206. The first-order chi connectivity index (χ1) is 14.2. The van der Waals surface area contributed by atoms with Crippen LogP contribution >= 0.6 is 0 Å². The SMILES string of the molecule is CCCCC(c1ccccc1)C(OCC(=O)O)(c1ccccc1)c1ccccc1. The van der Waals surface area contributed by atoms with E-state index >= 15 is 0 Å². The molecule has 3 aromatic carbocycles. The lowest BCUT2D eigenvalue weighted by atomic mass is 9.70. The van der Waals surface area contributed by atoms with Crippen molar-refractivity contribution in [2.75, 3.05) is 6.61 Å². The average molecular weight is 389 g/mol. The van der Waals surface area contributed by atoms with Gasteiger partial charge < -0.3 is 9.84 Å². The van der Waals surface area contributed by atoms with Crippen LogP contribution in [0.25, 0.3) is 0 Å². The number of carboxylic acids is 1. The Balaban J connectivity index is 2.26. The third kappa shape index (κ3) is 4.75. The van der Waals surface area contributed by atoms with Crippen molar-refractivity contribution >= 4 is 5.97 Å². The number of carbonyl (C=O) groups is 1. The Bertz CT molecular complexity index is 836. The number of carboxylic acid groups (broad SMARTS) is 1. The molecule has 29 heavy (non-hydrogen) atoms. The first-order valence-electron chi connectivity index (χ1n) is 10.2. The first-order valence-corrected chi connectivity index (χ1v) is 10.2. The molecule has 0 spiro atoms. The summed E-state index contributed by atoms with van der Waals surface area (Å²) in [5.74, 6) is -0.989. The highest BCUT2D eigenvalue weighted by molar-refractivity contribution is 5.68. The van der Waals surface area contributed by atoms with Crippen LogP contribution in [0, 0.1) is 0 Å². The van der Waals surface area contributed by atoms with Crippen LogP contribution in [0.1, 0.15) is 48.8 Å². The second-order valence-corrected chi connectivity index (χ2v) is 7.26. The van der Waals surface area contributed by atoms with Crippen molar-refractivity contribution in [3.8, 4) is 0 Å². The Morgan fingerprint density at radius 1 is 0.862 bits per heavy atom. The molecule has 0 heterocycles. The van der Waals surface area contributed by atoms with Gasteiger partial charge in [-0.3, -0.25) is 0 Å². The molecule has 3 rings (SSSR count). The van der Waals surface area contributed by atoms with E-state index in [4.69, 9.17) is 4.74 Å². The standard InChI is InChI=1S/C26H28O3/c1-2-3-19-24(21-13-7-4-8-14-21)26(29-20-25(27)28,22-15-9-5-10-16-22)23-17-11-6-12-18-23/h4-18,24H,2-3,19-20H2,1H3,(H,27,28). The predicted molar refractivity (Wildman–Crippen MR) is 116 cm³/mol. The second-order valence-electron chi connectivity index (χ2n) is 7.26. The molecule has 1 unspecified atom stereocenters. The smallest absolute Gasteiger partial charge is 0.329 e. The fourth-order valence-electron chi connectivity index (χ4n) is 4.08. The minimum Gasteiger partial charge on any atom is -0.480 e. The molecule has 0 saturated heterocycles. The number of rotatable bonds is 10. The first kappa shape index (κ1) is 20.8. The molecule has 3 nitrogen and oxygen atoms in total. The third-order valence-electron chi connectivity index (χ3n) is 5.37. The van der Waals surface area contributed by atoms with Crippen LogP contribution in [0.15, 0.2) is 91.0 Å². The summed E-state index contributed by atoms with van der Waals surface area (Å²) in [6.07, 6.45) is 2.98. The van der Waals surface area contributed by atoms with Crippen molar-refractivity contribution in [1.82, 2.24) is 0 Å². The van der Waals surface area contributed by atoms with Gasteiger partial charge >= 0.3 is 5.97 Å². The highest BCUT2D eigenvalue weighted by Crippen LogP contribution is 2.48. The van der Waals surface area contributed by atoms with E-state index in [2.05, 4.69) is 19.1 Å². The van der Waals surface area contributed by atoms with E-state index in [1.807, 2.05) is 78.9 Å². The normalized spacial score (nSPS) is 12.4. The number of hydrogen-bond donors (Lipinski definition) is 1. The van der Waals surface area contributed by atoms with E-state index in [-0.39, 0.29) is 12.5 Å². The highest BCUT2D eigenvalue weighted by atomic mass is 16.5. The van der Waals surface area contributed by atoms with Gasteiger partial charge in [0.15, 0.2) is 0 Å². The summed E-state index contributed by atoms with van der Waals surface area (Å²) in [4.78, 5) is 11.6. The second kappa shape index (κ2) is 10.0. The summed E-state index contributed by atoms with van der Waals surface area (Å²) in [6.45, 7) is 1.81. The van der Waals surface area contributed by atoms with Crippen molar-refractivity contribution in [3.63, 3.8) is 0 Å². The van der Waals surface area contributed by atoms with Crippen molar-refractivity contribution in [2.45, 2.75) is 37.7 Å². The molecule has 0 aliphatic carbocycles. The maximum atomic E-state index is 11.6. The van der Waals surface area contributed by atoms with Gasteiger partial charge in [0.25, 0.3) is 0 Å². The van der Waals surface area contributed by atoms with E-state index < -0.39 is 11.6 Å². The Morgan fingerprint density at radius 2 is 1.34 bits per heavy atom. The molecule has 1 N–H and O–H groups in total. The van der Waals surface area contributed by atoms with Gasteiger partial charge in [-0.2, -0.15) is 0 Å². The molecule has 0 bridgehead atoms. The van der Waals surface area contributed by atoms with Crippen LogP contribution in [-0.2, 0) is 15.1 Å². The number of ether oxygens (including phenoxy) is 1. The molecule has 3 aromatic rings. The Morgan fingerprint density at radius 3 is 1.79 bits per heavy atom. The zero-order valence-electron chi connectivity index (χ0n) is 16.8. The van der Waals surface area contributed by atoms with Crippen LogP contribution in [0.3, 0.4) is 0 Å². The van der Waals surface area contributed by atoms with Gasteiger partial charge in [0, 0.05) is 5.92 Å². The molecule has 0 aromatic heterocycles. The van der Waals surface area contributed by atoms with Crippen LogP contribution in [-0.4, -0.2) is 17.7 Å². The zero-order chi connectivity index (χ0) is 20.5. The number of hydrogen-bond acceptors (Lipinski definition) is 2. The van der Waals surface area contributed by atoms with Gasteiger partial charge in [-0.15, -0.1) is 0 Å². The molecule has 1 atom stereocenters. The lowest BCUT2D eigenvalue weighted by Crippen LogP contribution is -2.39. The Labute approximate surface area is 173 Å². The number of unbranched alkanes of at least 4 members (excludes halogenated alkanes) is 1. The van der Waals surface area contributed by atoms with Crippen molar-refractivity contribution in [2.24, 2.45) is 0 Å². The topological polar surface area (TPSA) is 46.5 Å². The van der Waals surface area contributed by atoms with Crippen molar-refractivity contribution < 1.29 is 14.6 Å². The predicted octanol–water partition coefficient (Wildman–Crippen LogP) is 6.01. The largest absolute Gasteiger partial charge is 0.480 e. The quantitative estimate of drug-likeness (QED) is 0.463. The van der Waals surface area contributed by atoms with Gasteiger partial charge in [0.2, 0.25) is 0 Å². The summed E-state index contributed by atoms with van der Waals surface area (Å²) in [5, 5.41) is 9.47. The fourth-order valence-corrected chi connectivity index (χ4v) is 4.08. The third-order valence-corrected chi connectivity index (χ3v) is 5.37. The summed E-state index contributed by atoms with van der Waals surface area (Å²) in [5.41, 5.74) is 2.20. The molecular formula is C26H28O3. The molecule has 150 valence electrons. The maximum absolute atomic E-state index is 11.6. The number of aliphatic carboxylic acids is 1. The summed E-state index contributed by atoms with van der Waals surface area (Å²) in [6, 6.07) is 30.3. The summed E-state index contributed by atoms with van der Waals surface area (Å²) in [7, 11) is 0. The minimum atomic E-state index is -0.969. The van der Waals surface area contributed by atoms with Crippen molar-refractivity contribution in [3.05, 3.63) is 108 Å². The lowest BCUT2D eigenvalue weighted by molar-refractivity contribution is -0.149. The molecule has 3 heteroatoms. The Hall–Kier alpha value is -2.91. The molecular weight excluding hydrogens is 360 g/mol. The molecule has 0 saturated carbocycles. The van der Waals surface area contributed by atoms with Crippen LogP contribution < -0.4 is 0 Å². The monoisotopic (exact) mass is 388 g/mol. The van der Waals surface area contributed by atoms with Gasteiger partial charge in [-0.25, -0.2) is 4.79 Å². The maximum Gasteiger partial charge on any atom is 0.329 e. The van der Waals surface area contributed by atoms with E-state index in [0.717, 1.165) is 36.0 Å². The van der Waals surface area contributed by atoms with Crippen LogP contribution in [0.2, 0.25) is 0 Å². The molecule has 0 fully saturated rings. The van der Waals surface area contributed by atoms with Gasteiger partial charge in [-0.05, 0) is 23.1 Å². The van der Waals surface area contributed by atoms with Crippen LogP contribution in [0.5, 0.6) is 0 Å². The fraction of sp³-hybridized carbons (Fsp3) is 0.269. The lowest BCUT2D eigenvalue weighted by Gasteiger charge is -2.42. The van der Waals surface area contributed by atoms with E-state index in [0.29, 0.717) is 0 Å². The molecule has 0 radical (unpaired) electrons. The summed E-state index contributed by atoms with van der Waals surface area (Å²) >= 11 is 0. The van der Waals surface area contributed by atoms with E-state index in [1.165, 1.54) is 0 Å². The zero-order valence-corrected chi connectivity index (χ0v) is 16.8.